The molecule has 0 saturated carbocycles. The van der Waals surface area contributed by atoms with Crippen LogP contribution in [-0.4, -0.2) is 23.9 Å². The molecule has 18 heavy (non-hydrogen) atoms. The van der Waals surface area contributed by atoms with Crippen molar-refractivity contribution in [3.63, 3.8) is 0 Å². The van der Waals surface area contributed by atoms with E-state index in [2.05, 4.69) is 19.4 Å². The third-order valence-corrected chi connectivity index (χ3v) is 2.19. The van der Waals surface area contributed by atoms with E-state index in [1.807, 2.05) is 0 Å². The molecule has 8 heteroatoms. The molecule has 0 fully saturated rings. The summed E-state index contributed by atoms with van der Waals surface area (Å²) in [4.78, 5) is 3.76. The molecule has 0 bridgehead atoms. The summed E-state index contributed by atoms with van der Waals surface area (Å²) in [6, 6.07) is 4.34. The zero-order chi connectivity index (χ0) is 13.1. The molecule has 0 aliphatic carbocycles. The number of hydrogen-bond acceptors (Lipinski definition) is 5. The van der Waals surface area contributed by atoms with Crippen LogP contribution in [0.3, 0.4) is 0 Å². The maximum Gasteiger partial charge on any atom is 0.387 e. The van der Waals surface area contributed by atoms with E-state index in [-0.39, 0.29) is 22.7 Å². The Morgan fingerprint density at radius 3 is 2.67 bits per heavy atom. The van der Waals surface area contributed by atoms with E-state index in [4.69, 9.17) is 16.3 Å². The summed E-state index contributed by atoms with van der Waals surface area (Å²) in [6.07, 6.45) is 0. The Hall–Kier alpha value is -1.89. The van der Waals surface area contributed by atoms with Crippen molar-refractivity contribution in [2.24, 2.45) is 0 Å². The van der Waals surface area contributed by atoms with Gasteiger partial charge in [-0.05, 0) is 29.8 Å². The quantitative estimate of drug-likeness (QED) is 0.859. The predicted octanol–water partition coefficient (Wildman–Crippen LogP) is 3.00. The molecule has 1 aromatic heterocycles. The fourth-order valence-electron chi connectivity index (χ4n) is 1.33. The lowest BCUT2D eigenvalue weighted by molar-refractivity contribution is -0.0511. The fraction of sp³-hybridized carbons (Fsp3) is 0.200. The first-order chi connectivity index (χ1) is 8.60. The number of halogens is 3. The van der Waals surface area contributed by atoms with E-state index in [1.165, 1.54) is 19.2 Å². The molecule has 0 aliphatic heterocycles. The van der Waals surface area contributed by atoms with Crippen LogP contribution in [-0.2, 0) is 0 Å². The average molecular weight is 277 g/mol. The number of benzene rings is 1. The second-order valence-corrected chi connectivity index (χ2v) is 3.44. The Morgan fingerprint density at radius 2 is 2.11 bits per heavy atom. The van der Waals surface area contributed by atoms with Crippen LogP contribution in [0.5, 0.6) is 11.5 Å². The molecule has 0 atom stereocenters. The van der Waals surface area contributed by atoms with Gasteiger partial charge in [0.25, 0.3) is 0 Å². The zero-order valence-electron chi connectivity index (χ0n) is 9.06. The molecule has 96 valence electrons. The lowest BCUT2D eigenvalue weighted by atomic mass is 10.2. The third-order valence-electron chi connectivity index (χ3n) is 2.04. The van der Waals surface area contributed by atoms with Crippen LogP contribution < -0.4 is 9.47 Å². The molecular weight excluding hydrogens is 270 g/mol. The highest BCUT2D eigenvalue weighted by atomic mass is 35.5. The molecule has 0 unspecified atom stereocenters. The zero-order valence-corrected chi connectivity index (χ0v) is 9.82. The van der Waals surface area contributed by atoms with Crippen LogP contribution in [0.15, 0.2) is 22.7 Å². The maximum absolute atomic E-state index is 12.2. The predicted molar refractivity (Wildman–Crippen MR) is 57.9 cm³/mol. The lowest BCUT2D eigenvalue weighted by Crippen LogP contribution is -2.03. The van der Waals surface area contributed by atoms with Gasteiger partial charge in [-0.2, -0.15) is 13.8 Å². The van der Waals surface area contributed by atoms with Gasteiger partial charge < -0.3 is 14.0 Å². The Kier molecular flexibility index (Phi) is 3.61. The number of aromatic nitrogens is 2. The summed E-state index contributed by atoms with van der Waals surface area (Å²) >= 11 is 5.48. The number of hydrogen-bond donors (Lipinski definition) is 0. The largest absolute Gasteiger partial charge is 0.493 e. The van der Waals surface area contributed by atoms with Crippen LogP contribution in [0.1, 0.15) is 0 Å². The normalized spacial score (nSPS) is 10.7. The van der Waals surface area contributed by atoms with E-state index < -0.39 is 6.61 Å². The summed E-state index contributed by atoms with van der Waals surface area (Å²) in [6.45, 7) is -2.96. The van der Waals surface area contributed by atoms with Crippen molar-refractivity contribution in [3.05, 3.63) is 23.5 Å². The molecule has 2 aromatic rings. The smallest absolute Gasteiger partial charge is 0.387 e. The van der Waals surface area contributed by atoms with E-state index in [0.717, 1.165) is 0 Å². The van der Waals surface area contributed by atoms with Gasteiger partial charge in [-0.3, -0.25) is 0 Å². The van der Waals surface area contributed by atoms with Crippen molar-refractivity contribution in [1.82, 2.24) is 10.1 Å². The molecule has 0 spiro atoms. The van der Waals surface area contributed by atoms with Gasteiger partial charge in [-0.1, -0.05) is 5.16 Å². The van der Waals surface area contributed by atoms with Crippen molar-refractivity contribution >= 4 is 11.6 Å². The molecule has 0 radical (unpaired) electrons. The van der Waals surface area contributed by atoms with Gasteiger partial charge in [-0.25, -0.2) is 0 Å². The van der Waals surface area contributed by atoms with Gasteiger partial charge in [0.2, 0.25) is 5.82 Å². The molecule has 5 nitrogen and oxygen atoms in total. The number of ether oxygens (including phenoxy) is 2. The molecular formula is C10H7ClF2N2O3. The van der Waals surface area contributed by atoms with Crippen molar-refractivity contribution in [1.29, 1.82) is 0 Å². The molecule has 0 amide bonds. The van der Waals surface area contributed by atoms with Crippen molar-refractivity contribution in [2.45, 2.75) is 6.61 Å². The van der Waals surface area contributed by atoms with Crippen LogP contribution >= 0.6 is 11.6 Å². The van der Waals surface area contributed by atoms with Gasteiger partial charge in [0.15, 0.2) is 11.5 Å². The number of alkyl halides is 2. The summed E-state index contributed by atoms with van der Waals surface area (Å²) in [7, 11) is 1.35. The average Bonchev–Trinajstić information content (AvgIpc) is 2.75. The summed E-state index contributed by atoms with van der Waals surface area (Å²) < 4.78 is 38.3. The Bertz CT molecular complexity index is 548. The fourth-order valence-corrected chi connectivity index (χ4v) is 1.44. The number of nitrogens with zero attached hydrogens (tertiary/aromatic N) is 2. The van der Waals surface area contributed by atoms with Crippen molar-refractivity contribution in [3.8, 4) is 22.9 Å². The molecule has 0 aliphatic rings. The first-order valence-electron chi connectivity index (χ1n) is 4.72. The highest BCUT2D eigenvalue weighted by Crippen LogP contribution is 2.32. The van der Waals surface area contributed by atoms with E-state index in [9.17, 15) is 8.78 Å². The molecule has 1 aromatic carbocycles. The topological polar surface area (TPSA) is 57.4 Å². The van der Waals surface area contributed by atoms with Gasteiger partial charge >= 0.3 is 12.0 Å². The van der Waals surface area contributed by atoms with Crippen molar-refractivity contribution in [2.75, 3.05) is 7.11 Å². The first-order valence-corrected chi connectivity index (χ1v) is 5.10. The highest BCUT2D eigenvalue weighted by Gasteiger charge is 2.14. The Morgan fingerprint density at radius 1 is 1.33 bits per heavy atom. The van der Waals surface area contributed by atoms with Gasteiger partial charge in [0.1, 0.15) is 0 Å². The Labute approximate surface area is 105 Å². The van der Waals surface area contributed by atoms with Gasteiger partial charge in [0, 0.05) is 5.56 Å². The molecule has 1 heterocycles. The number of methoxy groups -OCH3 is 1. The third kappa shape index (κ3) is 2.67. The maximum atomic E-state index is 12.2. The van der Waals surface area contributed by atoms with Crippen molar-refractivity contribution < 1.29 is 22.8 Å². The monoisotopic (exact) mass is 276 g/mol. The standard InChI is InChI=1S/C10H7ClF2N2O3/c1-16-6-3-2-5(4-7(6)17-10(12)13)8-14-9(11)18-15-8/h2-4,10H,1H3. The van der Waals surface area contributed by atoms with Crippen LogP contribution in [0.4, 0.5) is 8.78 Å². The number of rotatable bonds is 4. The first kappa shape index (κ1) is 12.6. The molecule has 0 saturated heterocycles. The van der Waals surface area contributed by atoms with Crippen LogP contribution in [0.25, 0.3) is 11.4 Å². The van der Waals surface area contributed by atoms with Crippen LogP contribution in [0.2, 0.25) is 5.35 Å². The van der Waals surface area contributed by atoms with Crippen LogP contribution in [0, 0.1) is 0 Å². The minimum absolute atomic E-state index is 0.120. The summed E-state index contributed by atoms with van der Waals surface area (Å²) in [5, 5.41) is 3.42. The van der Waals surface area contributed by atoms with Gasteiger partial charge in [-0.15, -0.1) is 0 Å². The van der Waals surface area contributed by atoms with E-state index >= 15 is 0 Å². The second-order valence-electron chi connectivity index (χ2n) is 3.12. The molecule has 0 N–H and O–H groups in total. The minimum atomic E-state index is -2.96. The second kappa shape index (κ2) is 5.18. The highest BCUT2D eigenvalue weighted by molar-refractivity contribution is 6.27. The van der Waals surface area contributed by atoms with E-state index in [1.54, 1.807) is 6.07 Å². The molecule has 2 rings (SSSR count). The lowest BCUT2D eigenvalue weighted by Gasteiger charge is -2.10. The van der Waals surface area contributed by atoms with Gasteiger partial charge in [0.05, 0.1) is 7.11 Å². The van der Waals surface area contributed by atoms with E-state index in [0.29, 0.717) is 5.56 Å². The summed E-state index contributed by atoms with van der Waals surface area (Å²) in [5.74, 6) is 0.223. The Balaban J connectivity index is 2.38. The summed E-state index contributed by atoms with van der Waals surface area (Å²) in [5.41, 5.74) is 0.419. The SMILES string of the molecule is COc1ccc(-c2noc(Cl)n2)cc1OC(F)F. The minimum Gasteiger partial charge on any atom is -0.493 e.